The lowest BCUT2D eigenvalue weighted by molar-refractivity contribution is -0.131. The van der Waals surface area contributed by atoms with E-state index in [0.29, 0.717) is 11.4 Å². The van der Waals surface area contributed by atoms with Gasteiger partial charge in [-0.2, -0.15) is 0 Å². The fraction of sp³-hybridized carbons (Fsp3) is 0.143. The predicted molar refractivity (Wildman–Crippen MR) is 75.3 cm³/mol. The third kappa shape index (κ3) is 3.75. The van der Waals surface area contributed by atoms with Crippen molar-refractivity contribution in [1.82, 2.24) is 19.9 Å². The van der Waals surface area contributed by atoms with Gasteiger partial charge in [-0.1, -0.05) is 6.07 Å². The molecule has 0 aliphatic carbocycles. The van der Waals surface area contributed by atoms with Crippen molar-refractivity contribution < 1.29 is 14.7 Å². The molecular formula is C14H14N4O3. The molecule has 0 spiro atoms. The van der Waals surface area contributed by atoms with Crippen LogP contribution >= 0.6 is 0 Å². The van der Waals surface area contributed by atoms with Crippen LogP contribution in [-0.4, -0.2) is 31.5 Å². The van der Waals surface area contributed by atoms with Gasteiger partial charge in [0.1, 0.15) is 11.5 Å². The number of amides is 1. The molecule has 108 valence electrons. The summed E-state index contributed by atoms with van der Waals surface area (Å²) in [5.74, 6) is -0.760. The number of nitrogens with one attached hydrogen (secondary N) is 1. The molecule has 0 saturated heterocycles. The number of imidazole rings is 1. The summed E-state index contributed by atoms with van der Waals surface area (Å²) < 4.78 is 1.80. The molecule has 0 unspecified atom stereocenters. The summed E-state index contributed by atoms with van der Waals surface area (Å²) >= 11 is 0. The fourth-order valence-electron chi connectivity index (χ4n) is 1.71. The van der Waals surface area contributed by atoms with Crippen molar-refractivity contribution in [2.45, 2.75) is 6.54 Å². The zero-order chi connectivity index (χ0) is 15.2. The van der Waals surface area contributed by atoms with Crippen LogP contribution in [0.3, 0.4) is 0 Å². The second-order valence-corrected chi connectivity index (χ2v) is 4.25. The summed E-state index contributed by atoms with van der Waals surface area (Å²) in [5, 5.41) is 11.3. The summed E-state index contributed by atoms with van der Waals surface area (Å²) in [6.07, 6.45) is 7.21. The van der Waals surface area contributed by atoms with Crippen molar-refractivity contribution in [3.05, 3.63) is 53.9 Å². The first-order valence-corrected chi connectivity index (χ1v) is 6.18. The number of nitrogens with zero attached hydrogens (tertiary/aromatic N) is 3. The second kappa shape index (κ2) is 6.47. The van der Waals surface area contributed by atoms with E-state index in [2.05, 4.69) is 15.3 Å². The van der Waals surface area contributed by atoms with Crippen LogP contribution < -0.4 is 5.32 Å². The SMILES string of the molecule is Cn1ccnc1CNC(=O)c1ncccc1/C=C/C(=O)O. The maximum Gasteiger partial charge on any atom is 0.328 e. The van der Waals surface area contributed by atoms with Crippen LogP contribution in [0.4, 0.5) is 0 Å². The van der Waals surface area contributed by atoms with Crippen LogP contribution in [0.1, 0.15) is 21.9 Å². The molecule has 2 N–H and O–H groups in total. The summed E-state index contributed by atoms with van der Waals surface area (Å²) in [6, 6.07) is 3.26. The van der Waals surface area contributed by atoms with E-state index < -0.39 is 5.97 Å². The van der Waals surface area contributed by atoms with Gasteiger partial charge in [-0.25, -0.2) is 9.78 Å². The summed E-state index contributed by atoms with van der Waals surface area (Å²) in [6.45, 7) is 0.265. The molecule has 0 bridgehead atoms. The Labute approximate surface area is 121 Å². The minimum absolute atomic E-state index is 0.171. The number of hydrogen-bond acceptors (Lipinski definition) is 4. The predicted octanol–water partition coefficient (Wildman–Crippen LogP) is 0.843. The number of carboxylic acids is 1. The summed E-state index contributed by atoms with van der Waals surface area (Å²) in [4.78, 5) is 30.8. The minimum Gasteiger partial charge on any atom is -0.478 e. The van der Waals surface area contributed by atoms with E-state index >= 15 is 0 Å². The molecule has 0 atom stereocenters. The molecule has 0 saturated carbocycles. The Bertz CT molecular complexity index is 691. The molecule has 7 heteroatoms. The van der Waals surface area contributed by atoms with Gasteiger partial charge in [-0.3, -0.25) is 9.78 Å². The highest BCUT2D eigenvalue weighted by molar-refractivity contribution is 5.97. The van der Waals surface area contributed by atoms with Crippen LogP contribution in [0.5, 0.6) is 0 Å². The number of carbonyl (C=O) groups excluding carboxylic acids is 1. The van der Waals surface area contributed by atoms with E-state index in [-0.39, 0.29) is 18.1 Å². The summed E-state index contributed by atoms with van der Waals surface area (Å²) in [5.41, 5.74) is 0.612. The number of aliphatic carboxylic acids is 1. The smallest absolute Gasteiger partial charge is 0.328 e. The third-order valence-electron chi connectivity index (χ3n) is 2.79. The maximum absolute atomic E-state index is 12.1. The molecule has 1 amide bonds. The standard InChI is InChI=1S/C14H14N4O3/c1-18-8-7-15-11(18)9-17-14(21)13-10(3-2-6-16-13)4-5-12(19)20/h2-8H,9H2,1H3,(H,17,21)(H,19,20)/b5-4+. The Hall–Kier alpha value is -2.96. The first kappa shape index (κ1) is 14.4. The Kier molecular flexibility index (Phi) is 4.45. The van der Waals surface area contributed by atoms with Gasteiger partial charge >= 0.3 is 5.97 Å². The van der Waals surface area contributed by atoms with E-state index in [1.165, 1.54) is 12.3 Å². The maximum atomic E-state index is 12.1. The summed E-state index contributed by atoms with van der Waals surface area (Å²) in [7, 11) is 1.83. The number of carbonyl (C=O) groups is 2. The molecule has 0 aliphatic rings. The van der Waals surface area contributed by atoms with Crippen molar-refractivity contribution in [1.29, 1.82) is 0 Å². The lowest BCUT2D eigenvalue weighted by Crippen LogP contribution is -2.26. The number of carboxylic acid groups (broad SMARTS) is 1. The fourth-order valence-corrected chi connectivity index (χ4v) is 1.71. The third-order valence-corrected chi connectivity index (χ3v) is 2.79. The van der Waals surface area contributed by atoms with Gasteiger partial charge < -0.3 is 15.0 Å². The number of aromatic nitrogens is 3. The number of hydrogen-bond donors (Lipinski definition) is 2. The van der Waals surface area contributed by atoms with Crippen molar-refractivity contribution in [3.8, 4) is 0 Å². The first-order valence-electron chi connectivity index (χ1n) is 6.18. The van der Waals surface area contributed by atoms with Gasteiger partial charge in [0.2, 0.25) is 0 Å². The molecular weight excluding hydrogens is 272 g/mol. The van der Waals surface area contributed by atoms with Crippen LogP contribution in [0.2, 0.25) is 0 Å². The Morgan fingerprint density at radius 1 is 1.38 bits per heavy atom. The zero-order valence-corrected chi connectivity index (χ0v) is 11.4. The molecule has 2 aromatic heterocycles. The van der Waals surface area contributed by atoms with Crippen molar-refractivity contribution in [3.63, 3.8) is 0 Å². The highest BCUT2D eigenvalue weighted by Crippen LogP contribution is 2.08. The lowest BCUT2D eigenvalue weighted by Gasteiger charge is -2.07. The minimum atomic E-state index is -1.08. The molecule has 2 heterocycles. The van der Waals surface area contributed by atoms with Crippen LogP contribution in [0, 0.1) is 0 Å². The molecule has 0 aromatic carbocycles. The average molecular weight is 286 g/mol. The largest absolute Gasteiger partial charge is 0.478 e. The van der Waals surface area contributed by atoms with Crippen molar-refractivity contribution in [2.24, 2.45) is 7.05 Å². The normalized spacial score (nSPS) is 10.7. The molecule has 0 radical (unpaired) electrons. The Morgan fingerprint density at radius 3 is 2.86 bits per heavy atom. The Morgan fingerprint density at radius 2 is 2.19 bits per heavy atom. The van der Waals surface area contributed by atoms with Gasteiger partial charge in [-0.15, -0.1) is 0 Å². The van der Waals surface area contributed by atoms with Gasteiger partial charge in [0, 0.05) is 37.3 Å². The lowest BCUT2D eigenvalue weighted by atomic mass is 10.1. The number of pyridine rings is 1. The molecule has 7 nitrogen and oxygen atoms in total. The molecule has 2 rings (SSSR count). The molecule has 2 aromatic rings. The molecule has 21 heavy (non-hydrogen) atoms. The monoisotopic (exact) mass is 286 g/mol. The van der Waals surface area contributed by atoms with Crippen molar-refractivity contribution in [2.75, 3.05) is 0 Å². The number of aryl methyl sites for hydroxylation is 1. The van der Waals surface area contributed by atoms with E-state index in [1.54, 1.807) is 29.1 Å². The van der Waals surface area contributed by atoms with Gasteiger partial charge in [-0.05, 0) is 12.1 Å². The van der Waals surface area contributed by atoms with Crippen molar-refractivity contribution >= 4 is 18.0 Å². The van der Waals surface area contributed by atoms with E-state index in [0.717, 1.165) is 6.08 Å². The van der Waals surface area contributed by atoms with Gasteiger partial charge in [0.05, 0.1) is 6.54 Å². The average Bonchev–Trinajstić information content (AvgIpc) is 2.88. The first-order chi connectivity index (χ1) is 10.1. The Balaban J connectivity index is 2.12. The quantitative estimate of drug-likeness (QED) is 0.794. The molecule has 0 fully saturated rings. The van der Waals surface area contributed by atoms with Crippen LogP contribution in [-0.2, 0) is 18.4 Å². The molecule has 0 aliphatic heterocycles. The highest BCUT2D eigenvalue weighted by atomic mass is 16.4. The second-order valence-electron chi connectivity index (χ2n) is 4.25. The van der Waals surface area contributed by atoms with Crippen LogP contribution in [0.15, 0.2) is 36.8 Å². The van der Waals surface area contributed by atoms with E-state index in [9.17, 15) is 9.59 Å². The zero-order valence-electron chi connectivity index (χ0n) is 11.4. The van der Waals surface area contributed by atoms with Crippen LogP contribution in [0.25, 0.3) is 6.08 Å². The number of rotatable bonds is 5. The topological polar surface area (TPSA) is 97.1 Å². The van der Waals surface area contributed by atoms with Gasteiger partial charge in [0.25, 0.3) is 5.91 Å². The van der Waals surface area contributed by atoms with Gasteiger partial charge in [0.15, 0.2) is 0 Å². The van der Waals surface area contributed by atoms with E-state index in [1.807, 2.05) is 7.05 Å². The highest BCUT2D eigenvalue weighted by Gasteiger charge is 2.11. The van der Waals surface area contributed by atoms with E-state index in [4.69, 9.17) is 5.11 Å².